The van der Waals surface area contributed by atoms with Crippen molar-refractivity contribution >= 4 is 22.0 Å². The molecule has 0 aliphatic carbocycles. The van der Waals surface area contributed by atoms with Crippen LogP contribution in [0.3, 0.4) is 0 Å². The van der Waals surface area contributed by atoms with Gasteiger partial charge in [-0.15, -0.1) is 0 Å². The molecule has 0 heterocycles. The number of hydrogen-bond acceptors (Lipinski definition) is 6. The zero-order valence-electron chi connectivity index (χ0n) is 13.5. The number of benzene rings is 1. The molecule has 23 heavy (non-hydrogen) atoms. The van der Waals surface area contributed by atoms with Crippen molar-refractivity contribution in [1.29, 1.82) is 0 Å². The number of hydrogen-bond donors (Lipinski definition) is 2. The molecular weight excluding hydrogens is 324 g/mol. The minimum Gasteiger partial charge on any atom is -0.465 e. The molecule has 0 aliphatic heterocycles. The molecule has 0 radical (unpaired) electrons. The van der Waals surface area contributed by atoms with E-state index >= 15 is 0 Å². The Morgan fingerprint density at radius 2 is 1.74 bits per heavy atom. The van der Waals surface area contributed by atoms with Gasteiger partial charge in [0.15, 0.2) is 0 Å². The highest BCUT2D eigenvalue weighted by Crippen LogP contribution is 2.19. The summed E-state index contributed by atoms with van der Waals surface area (Å²) < 4.78 is 36.4. The number of methoxy groups -OCH3 is 2. The van der Waals surface area contributed by atoms with E-state index < -0.39 is 22.0 Å². The molecule has 2 N–H and O–H groups in total. The van der Waals surface area contributed by atoms with Crippen LogP contribution < -0.4 is 9.62 Å². The van der Waals surface area contributed by atoms with Gasteiger partial charge in [0.2, 0.25) is 10.0 Å². The lowest BCUT2D eigenvalue weighted by molar-refractivity contribution is -0.856. The third-order valence-electron chi connectivity index (χ3n) is 3.01. The Labute approximate surface area is 135 Å². The second-order valence-electron chi connectivity index (χ2n) is 5.05. The Balaban J connectivity index is 3.27. The molecule has 8 nitrogen and oxygen atoms in total. The lowest BCUT2D eigenvalue weighted by Gasteiger charge is -2.12. The summed E-state index contributed by atoms with van der Waals surface area (Å²) in [6.07, 6.45) is 0. The van der Waals surface area contributed by atoms with Crippen LogP contribution in [0.2, 0.25) is 0 Å². The second-order valence-corrected chi connectivity index (χ2v) is 6.78. The van der Waals surface area contributed by atoms with E-state index in [9.17, 15) is 18.0 Å². The van der Waals surface area contributed by atoms with Crippen molar-refractivity contribution in [2.75, 3.05) is 41.4 Å². The summed E-state index contributed by atoms with van der Waals surface area (Å²) in [4.78, 5) is 24.1. The van der Waals surface area contributed by atoms with Gasteiger partial charge in [0.1, 0.15) is 0 Å². The van der Waals surface area contributed by atoms with E-state index in [1.54, 1.807) is 0 Å². The van der Waals surface area contributed by atoms with Gasteiger partial charge in [-0.25, -0.2) is 22.7 Å². The molecule has 1 rings (SSSR count). The van der Waals surface area contributed by atoms with Crippen LogP contribution in [0.25, 0.3) is 0 Å². The smallest absolute Gasteiger partial charge is 0.339 e. The van der Waals surface area contributed by atoms with Gasteiger partial charge >= 0.3 is 11.9 Å². The van der Waals surface area contributed by atoms with Gasteiger partial charge in [-0.05, 0) is 18.2 Å². The normalized spacial score (nSPS) is 11.3. The lowest BCUT2D eigenvalue weighted by atomic mass is 10.1. The number of esters is 2. The van der Waals surface area contributed by atoms with Crippen molar-refractivity contribution in [1.82, 2.24) is 4.72 Å². The van der Waals surface area contributed by atoms with Crippen LogP contribution in [-0.4, -0.2) is 61.8 Å². The summed E-state index contributed by atoms with van der Waals surface area (Å²) in [5.41, 5.74) is -0.122. The summed E-state index contributed by atoms with van der Waals surface area (Å²) >= 11 is 0. The minimum absolute atomic E-state index is 0.0266. The first kappa shape index (κ1) is 19.1. The van der Waals surface area contributed by atoms with Crippen LogP contribution in [0, 0.1) is 0 Å². The van der Waals surface area contributed by atoms with Crippen molar-refractivity contribution in [3.8, 4) is 0 Å². The molecule has 0 saturated heterocycles. The molecule has 0 unspecified atom stereocenters. The Bertz CT molecular complexity index is 685. The Morgan fingerprint density at radius 3 is 2.26 bits per heavy atom. The number of quaternary nitrogens is 1. The van der Waals surface area contributed by atoms with Crippen LogP contribution in [0.15, 0.2) is 23.1 Å². The number of carbonyl (C=O) groups is 2. The number of nitrogens with one attached hydrogen (secondary N) is 2. The van der Waals surface area contributed by atoms with E-state index in [2.05, 4.69) is 14.2 Å². The number of sulfonamides is 1. The molecule has 0 aromatic heterocycles. The highest BCUT2D eigenvalue weighted by atomic mass is 32.2. The summed E-state index contributed by atoms with van der Waals surface area (Å²) in [6.45, 7) is 0.747. The average Bonchev–Trinajstić information content (AvgIpc) is 2.52. The van der Waals surface area contributed by atoms with Gasteiger partial charge in [0, 0.05) is 0 Å². The molecule has 0 aliphatic rings. The van der Waals surface area contributed by atoms with E-state index in [0.29, 0.717) is 6.54 Å². The summed E-state index contributed by atoms with van der Waals surface area (Å²) in [5.74, 6) is -1.50. The van der Waals surface area contributed by atoms with Crippen molar-refractivity contribution in [2.24, 2.45) is 0 Å². The molecule has 0 saturated carbocycles. The van der Waals surface area contributed by atoms with Gasteiger partial charge in [-0.1, -0.05) is 0 Å². The quantitative estimate of drug-likeness (QED) is 0.595. The monoisotopic (exact) mass is 345 g/mol. The predicted octanol–water partition coefficient (Wildman–Crippen LogP) is -1.32. The molecule has 0 amide bonds. The number of ether oxygens (including phenoxy) is 2. The maximum atomic E-state index is 12.4. The largest absolute Gasteiger partial charge is 0.465 e. The van der Waals surface area contributed by atoms with Crippen LogP contribution >= 0.6 is 0 Å². The fourth-order valence-corrected chi connectivity index (χ4v) is 3.03. The van der Waals surface area contributed by atoms with Crippen LogP contribution in [0.5, 0.6) is 0 Å². The lowest BCUT2D eigenvalue weighted by Crippen LogP contribution is -3.06. The van der Waals surface area contributed by atoms with Crippen molar-refractivity contribution in [3.05, 3.63) is 29.3 Å². The molecule has 1 aromatic rings. The van der Waals surface area contributed by atoms with E-state index in [0.717, 1.165) is 18.1 Å². The second kappa shape index (κ2) is 8.04. The first-order valence-corrected chi connectivity index (χ1v) is 8.30. The molecule has 1 aromatic carbocycles. The maximum Gasteiger partial charge on any atom is 0.339 e. The highest BCUT2D eigenvalue weighted by Gasteiger charge is 2.25. The Morgan fingerprint density at radius 1 is 1.13 bits per heavy atom. The van der Waals surface area contributed by atoms with E-state index in [1.165, 1.54) is 19.2 Å². The Hall–Kier alpha value is -1.97. The van der Waals surface area contributed by atoms with E-state index in [-0.39, 0.29) is 22.6 Å². The first-order valence-electron chi connectivity index (χ1n) is 6.82. The molecule has 0 atom stereocenters. The van der Waals surface area contributed by atoms with Crippen LogP contribution in [0.1, 0.15) is 20.7 Å². The zero-order chi connectivity index (χ0) is 17.6. The van der Waals surface area contributed by atoms with Crippen molar-refractivity contribution in [3.63, 3.8) is 0 Å². The zero-order valence-corrected chi connectivity index (χ0v) is 14.3. The maximum absolute atomic E-state index is 12.4. The fraction of sp³-hybridized carbons (Fsp3) is 0.429. The predicted molar refractivity (Wildman–Crippen MR) is 82.0 cm³/mol. The standard InChI is InChI=1S/C14H20N2O6S/c1-16(2)8-7-15-23(19,20)12-9-10(13(17)21-3)5-6-11(12)14(18)22-4/h5-6,9,15H,7-8H2,1-4H3/p+1. The van der Waals surface area contributed by atoms with Crippen molar-refractivity contribution < 1.29 is 32.4 Å². The number of rotatable bonds is 7. The number of likely N-dealkylation sites (N-methyl/N-ethyl adjacent to an activating group) is 1. The third-order valence-corrected chi connectivity index (χ3v) is 4.52. The molecule has 9 heteroatoms. The summed E-state index contributed by atoms with van der Waals surface area (Å²) in [5, 5.41) is 0. The average molecular weight is 345 g/mol. The first-order chi connectivity index (χ1) is 10.7. The van der Waals surface area contributed by atoms with Gasteiger partial charge in [-0.2, -0.15) is 0 Å². The SMILES string of the molecule is COC(=O)c1ccc(C(=O)OC)c(S(=O)(=O)NCC[NH+](C)C)c1. The highest BCUT2D eigenvalue weighted by molar-refractivity contribution is 7.89. The fourth-order valence-electron chi connectivity index (χ4n) is 1.78. The summed E-state index contributed by atoms with van der Waals surface area (Å²) in [6, 6.07) is 3.63. The topological polar surface area (TPSA) is 103 Å². The van der Waals surface area contributed by atoms with Gasteiger partial charge in [0.25, 0.3) is 0 Å². The molecule has 0 bridgehead atoms. The molecule has 128 valence electrons. The van der Waals surface area contributed by atoms with Gasteiger partial charge < -0.3 is 14.4 Å². The van der Waals surface area contributed by atoms with Gasteiger partial charge in [-0.3, -0.25) is 0 Å². The Kier molecular flexibility index (Phi) is 6.67. The van der Waals surface area contributed by atoms with Crippen molar-refractivity contribution in [2.45, 2.75) is 4.90 Å². The molecular formula is C14H21N2O6S+. The minimum atomic E-state index is -3.98. The van der Waals surface area contributed by atoms with Gasteiger partial charge in [0.05, 0.1) is 57.4 Å². The van der Waals surface area contributed by atoms with Crippen LogP contribution in [0.4, 0.5) is 0 Å². The molecule has 0 fully saturated rings. The van der Waals surface area contributed by atoms with Crippen LogP contribution in [-0.2, 0) is 19.5 Å². The third kappa shape index (κ3) is 5.02. The van der Waals surface area contributed by atoms with E-state index in [1.807, 2.05) is 14.1 Å². The number of carbonyl (C=O) groups excluding carboxylic acids is 2. The molecule has 0 spiro atoms. The van der Waals surface area contributed by atoms with E-state index in [4.69, 9.17) is 0 Å². The summed E-state index contributed by atoms with van der Waals surface area (Å²) in [7, 11) is 2.12.